The zero-order valence-corrected chi connectivity index (χ0v) is 27.2. The Balaban J connectivity index is 1.28. The van der Waals surface area contributed by atoms with Crippen molar-refractivity contribution in [1.82, 2.24) is 14.9 Å². The van der Waals surface area contributed by atoms with Crippen LogP contribution in [0, 0.1) is 29.9 Å². The van der Waals surface area contributed by atoms with E-state index in [-0.39, 0.29) is 68.5 Å². The smallest absolute Gasteiger partial charge is 0.319 e. The molecule has 7 heterocycles. The molecule has 0 radical (unpaired) electrons. The molecule has 5 aliphatic rings. The molecule has 0 N–H and O–H groups in total. The van der Waals surface area contributed by atoms with Gasteiger partial charge in [-0.3, -0.25) is 4.90 Å². The van der Waals surface area contributed by atoms with Gasteiger partial charge in [0, 0.05) is 47.9 Å². The monoisotopic (exact) mass is 681 g/mol. The molecule has 9 rings (SSSR count). The van der Waals surface area contributed by atoms with Crippen molar-refractivity contribution in [2.24, 2.45) is 0 Å². The molecule has 13 heteroatoms. The lowest BCUT2D eigenvalue weighted by Crippen LogP contribution is -2.43. The highest BCUT2D eigenvalue weighted by molar-refractivity contribution is 7.19. The quantitative estimate of drug-likeness (QED) is 0.226. The normalized spacial score (nSPS) is 28.2. The number of hydrogen-bond acceptors (Lipinski definition) is 9. The molecular formula is C34H31ClF3N5O3S. The first-order valence-corrected chi connectivity index (χ1v) is 17.4. The van der Waals surface area contributed by atoms with Gasteiger partial charge in [-0.05, 0) is 50.8 Å². The summed E-state index contributed by atoms with van der Waals surface area (Å²) < 4.78 is 65.9. The Labute approximate surface area is 278 Å². The summed E-state index contributed by atoms with van der Waals surface area (Å²) in [5.41, 5.74) is 0.0232. The maximum atomic E-state index is 17.3. The molecule has 4 aromatic rings. The minimum Gasteiger partial charge on any atom is -0.491 e. The fourth-order valence-corrected chi connectivity index (χ4v) is 10.2. The van der Waals surface area contributed by atoms with E-state index >= 15 is 8.78 Å². The SMILES string of the molecule is Cc1sc2c(F)ccc(-c3c(Cl)c4c5c(nc(OC[C@@]67CCCN6C[C@H](F)C7)nc5c3F)N3[C@H](CCO4)C[C@@H]4OCC[C@@H]43)c2c1C#N. The molecule has 0 bridgehead atoms. The van der Waals surface area contributed by atoms with Crippen LogP contribution in [0.3, 0.4) is 0 Å². The van der Waals surface area contributed by atoms with Gasteiger partial charge < -0.3 is 19.1 Å². The lowest BCUT2D eigenvalue weighted by Gasteiger charge is -2.34. The first-order valence-electron chi connectivity index (χ1n) is 16.2. The summed E-state index contributed by atoms with van der Waals surface area (Å²) in [6.45, 7) is 4.05. The van der Waals surface area contributed by atoms with Gasteiger partial charge in [0.15, 0.2) is 11.6 Å². The van der Waals surface area contributed by atoms with Gasteiger partial charge in [-0.15, -0.1) is 11.3 Å². The van der Waals surface area contributed by atoms with Crippen LogP contribution < -0.4 is 14.4 Å². The van der Waals surface area contributed by atoms with Crippen molar-refractivity contribution in [3.63, 3.8) is 0 Å². The van der Waals surface area contributed by atoms with Crippen molar-refractivity contribution in [1.29, 1.82) is 5.26 Å². The van der Waals surface area contributed by atoms with Crippen LogP contribution in [0.2, 0.25) is 5.02 Å². The largest absolute Gasteiger partial charge is 0.491 e. The van der Waals surface area contributed by atoms with E-state index in [0.29, 0.717) is 54.1 Å². The summed E-state index contributed by atoms with van der Waals surface area (Å²) >= 11 is 8.25. The van der Waals surface area contributed by atoms with Crippen LogP contribution in [-0.4, -0.2) is 77.7 Å². The molecule has 2 aromatic carbocycles. The predicted molar refractivity (Wildman–Crippen MR) is 172 cm³/mol. The minimum atomic E-state index is -0.928. The second kappa shape index (κ2) is 10.8. The zero-order chi connectivity index (χ0) is 32.2. The van der Waals surface area contributed by atoms with Crippen LogP contribution in [0.4, 0.5) is 19.0 Å². The second-order valence-corrected chi connectivity index (χ2v) is 15.0. The summed E-state index contributed by atoms with van der Waals surface area (Å²) in [5, 5.41) is 10.7. The molecule has 4 saturated heterocycles. The second-order valence-electron chi connectivity index (χ2n) is 13.4. The standard InChI is InChI=1S/C34H31ClF3N5O3S/c1-16-20(13-39)24-19(3-4-21(37)31(24)47-16)25-27(35)30-26-29(28(25)38)40-33(46-15-34-7-2-8-42(34)14-17(36)12-34)41-32(26)43-18(5-9-45-30)11-23-22(43)6-10-44-23/h3-4,17-18,22-23H,2,5-12,14-15H2,1H3/t17-,18-,22+,23+,34+/m1/s1. The fraction of sp³-hybridized carbons (Fsp3) is 0.500. The average molecular weight is 682 g/mol. The molecule has 0 spiro atoms. The van der Waals surface area contributed by atoms with Gasteiger partial charge in [0.1, 0.15) is 36.0 Å². The highest BCUT2D eigenvalue weighted by Crippen LogP contribution is 2.52. The van der Waals surface area contributed by atoms with E-state index in [9.17, 15) is 9.65 Å². The summed E-state index contributed by atoms with van der Waals surface area (Å²) in [5.74, 6) is -0.538. The van der Waals surface area contributed by atoms with E-state index in [2.05, 4.69) is 20.9 Å². The van der Waals surface area contributed by atoms with Crippen molar-refractivity contribution >= 4 is 49.7 Å². The van der Waals surface area contributed by atoms with Crippen molar-refractivity contribution in [3.05, 3.63) is 39.2 Å². The molecule has 0 aliphatic carbocycles. The minimum absolute atomic E-state index is 0.00599. The molecule has 244 valence electrons. The predicted octanol–water partition coefficient (Wildman–Crippen LogP) is 7.10. The van der Waals surface area contributed by atoms with Crippen LogP contribution in [0.1, 0.15) is 49.0 Å². The van der Waals surface area contributed by atoms with Gasteiger partial charge in [-0.25, -0.2) is 13.2 Å². The summed E-state index contributed by atoms with van der Waals surface area (Å²) in [4.78, 5) is 14.6. The van der Waals surface area contributed by atoms with Gasteiger partial charge >= 0.3 is 6.01 Å². The molecule has 0 unspecified atom stereocenters. The number of nitrogens with zero attached hydrogens (tertiary/aromatic N) is 5. The van der Waals surface area contributed by atoms with Gasteiger partial charge in [0.25, 0.3) is 0 Å². The molecular weight excluding hydrogens is 651 g/mol. The Morgan fingerprint density at radius 3 is 2.94 bits per heavy atom. The van der Waals surface area contributed by atoms with Gasteiger partial charge in [-0.1, -0.05) is 17.7 Å². The van der Waals surface area contributed by atoms with Crippen molar-refractivity contribution < 1.29 is 27.4 Å². The molecule has 47 heavy (non-hydrogen) atoms. The van der Waals surface area contributed by atoms with Gasteiger partial charge in [0.2, 0.25) is 0 Å². The first-order chi connectivity index (χ1) is 22.8. The number of ether oxygens (including phenoxy) is 3. The van der Waals surface area contributed by atoms with Crippen LogP contribution in [0.15, 0.2) is 12.1 Å². The highest BCUT2D eigenvalue weighted by Gasteiger charge is 2.50. The molecule has 4 fully saturated rings. The number of halogens is 4. The van der Waals surface area contributed by atoms with E-state index in [1.807, 2.05) is 0 Å². The van der Waals surface area contributed by atoms with Crippen LogP contribution in [0.25, 0.3) is 32.1 Å². The number of fused-ring (bicyclic) bond motifs is 6. The molecule has 5 atom stereocenters. The highest BCUT2D eigenvalue weighted by atomic mass is 35.5. The molecule has 2 aromatic heterocycles. The Morgan fingerprint density at radius 1 is 1.21 bits per heavy atom. The maximum Gasteiger partial charge on any atom is 0.319 e. The topological polar surface area (TPSA) is 83.7 Å². The van der Waals surface area contributed by atoms with E-state index in [1.54, 1.807) is 6.92 Å². The number of anilines is 1. The molecule has 5 aliphatic heterocycles. The Hall–Kier alpha value is -3.37. The van der Waals surface area contributed by atoms with E-state index < -0.39 is 23.3 Å². The van der Waals surface area contributed by atoms with Crippen LogP contribution >= 0.6 is 22.9 Å². The summed E-state index contributed by atoms with van der Waals surface area (Å²) in [7, 11) is 0. The Bertz CT molecular complexity index is 2020. The third-order valence-electron chi connectivity index (χ3n) is 10.9. The molecule has 0 saturated carbocycles. The van der Waals surface area contributed by atoms with Crippen molar-refractivity contribution in [3.8, 4) is 29.0 Å². The number of hydrogen-bond donors (Lipinski definition) is 0. The number of rotatable bonds is 4. The van der Waals surface area contributed by atoms with Crippen molar-refractivity contribution in [2.75, 3.05) is 37.8 Å². The van der Waals surface area contributed by atoms with E-state index in [1.165, 1.54) is 12.1 Å². The Kier molecular flexibility index (Phi) is 6.85. The number of thiophene rings is 1. The number of nitriles is 1. The number of aryl methyl sites for hydroxylation is 1. The maximum absolute atomic E-state index is 17.3. The van der Waals surface area contributed by atoms with Gasteiger partial charge in [0.05, 0.1) is 45.0 Å². The van der Waals surface area contributed by atoms with E-state index in [4.69, 9.17) is 30.8 Å². The number of aromatic nitrogens is 2. The van der Waals surface area contributed by atoms with Crippen LogP contribution in [-0.2, 0) is 4.74 Å². The number of benzene rings is 2. The summed E-state index contributed by atoms with van der Waals surface area (Å²) in [6.07, 6.45) is 3.47. The van der Waals surface area contributed by atoms with Gasteiger partial charge in [-0.2, -0.15) is 15.2 Å². The average Bonchev–Trinajstić information content (AvgIpc) is 3.84. The Morgan fingerprint density at radius 2 is 2.09 bits per heavy atom. The lowest BCUT2D eigenvalue weighted by molar-refractivity contribution is 0.107. The summed E-state index contributed by atoms with van der Waals surface area (Å²) in [6, 6.07) is 4.95. The number of alkyl halides is 1. The molecule has 0 amide bonds. The van der Waals surface area contributed by atoms with E-state index in [0.717, 1.165) is 43.6 Å². The van der Waals surface area contributed by atoms with Crippen molar-refractivity contribution in [2.45, 2.75) is 75.3 Å². The fourth-order valence-electron chi connectivity index (χ4n) is 8.85. The first kappa shape index (κ1) is 29.7. The molecule has 8 nitrogen and oxygen atoms in total. The third kappa shape index (κ3) is 4.32. The van der Waals surface area contributed by atoms with Crippen LogP contribution in [0.5, 0.6) is 11.8 Å². The zero-order valence-electron chi connectivity index (χ0n) is 25.6. The lowest BCUT2D eigenvalue weighted by atomic mass is 9.95. The third-order valence-corrected chi connectivity index (χ3v) is 12.4.